The molecule has 0 fully saturated rings. The van der Waals surface area contributed by atoms with Gasteiger partial charge in [0.1, 0.15) is 0 Å². The van der Waals surface area contributed by atoms with Crippen molar-refractivity contribution >= 4 is 23.2 Å². The molecule has 1 aromatic carbocycles. The van der Waals surface area contributed by atoms with Crippen LogP contribution in [0, 0.1) is 0 Å². The third-order valence-corrected chi connectivity index (χ3v) is 4.01. The molecular formula is C20H22N4O4. The fraction of sp³-hybridized carbons (Fsp3) is 0.250. The summed E-state index contributed by atoms with van der Waals surface area (Å²) in [5.74, 6) is 0.893. The van der Waals surface area contributed by atoms with Crippen LogP contribution in [0.5, 0.6) is 0 Å². The van der Waals surface area contributed by atoms with Gasteiger partial charge in [-0.3, -0.25) is 14.5 Å². The maximum Gasteiger partial charge on any atom is 0.238 e. The molecule has 2 amide bonds. The first-order chi connectivity index (χ1) is 13.5. The number of furan rings is 1. The van der Waals surface area contributed by atoms with Crippen LogP contribution < -0.4 is 10.6 Å². The molecule has 0 unspecified atom stereocenters. The molecular weight excluding hydrogens is 360 g/mol. The molecule has 8 heteroatoms. The number of aromatic nitrogens is 1. The molecule has 3 aromatic rings. The second-order valence-electron chi connectivity index (χ2n) is 6.27. The average molecular weight is 382 g/mol. The number of amides is 2. The normalized spacial score (nSPS) is 10.8. The molecule has 2 aromatic heterocycles. The van der Waals surface area contributed by atoms with Gasteiger partial charge in [0.2, 0.25) is 17.6 Å². The van der Waals surface area contributed by atoms with E-state index < -0.39 is 0 Å². The van der Waals surface area contributed by atoms with E-state index in [1.165, 1.54) is 6.92 Å². The number of hydrogen-bond acceptors (Lipinski definition) is 6. The van der Waals surface area contributed by atoms with Gasteiger partial charge >= 0.3 is 0 Å². The zero-order valence-corrected chi connectivity index (χ0v) is 15.8. The van der Waals surface area contributed by atoms with E-state index in [0.717, 1.165) is 5.69 Å². The Balaban J connectivity index is 1.54. The minimum absolute atomic E-state index is 0.135. The van der Waals surface area contributed by atoms with Crippen molar-refractivity contribution in [3.05, 3.63) is 54.4 Å². The molecule has 3 rings (SSSR count). The van der Waals surface area contributed by atoms with Crippen LogP contribution in [0.2, 0.25) is 0 Å². The Labute approximate surface area is 162 Å². The molecule has 0 saturated carbocycles. The highest BCUT2D eigenvalue weighted by Gasteiger charge is 2.14. The average Bonchev–Trinajstić information content (AvgIpc) is 3.34. The second-order valence-corrected chi connectivity index (χ2v) is 6.27. The fourth-order valence-electron chi connectivity index (χ4n) is 2.67. The Morgan fingerprint density at radius 2 is 1.79 bits per heavy atom. The van der Waals surface area contributed by atoms with E-state index in [1.54, 1.807) is 48.7 Å². The van der Waals surface area contributed by atoms with E-state index in [0.29, 0.717) is 36.0 Å². The molecule has 8 nitrogen and oxygen atoms in total. The van der Waals surface area contributed by atoms with Crippen molar-refractivity contribution in [3.8, 4) is 11.5 Å². The minimum Gasteiger partial charge on any atom is -0.461 e. The SMILES string of the molecule is CCN(CC(=O)Nc1ccc(NC(C)=O)cc1)Cc1cc(-c2ccco2)on1. The lowest BCUT2D eigenvalue weighted by Crippen LogP contribution is -2.32. The van der Waals surface area contributed by atoms with Crippen molar-refractivity contribution in [1.29, 1.82) is 0 Å². The van der Waals surface area contributed by atoms with Gasteiger partial charge in [-0.2, -0.15) is 0 Å². The summed E-state index contributed by atoms with van der Waals surface area (Å²) >= 11 is 0. The number of anilines is 2. The van der Waals surface area contributed by atoms with Crippen molar-refractivity contribution in [2.75, 3.05) is 23.7 Å². The predicted molar refractivity (Wildman–Crippen MR) is 105 cm³/mol. The van der Waals surface area contributed by atoms with Crippen molar-refractivity contribution in [1.82, 2.24) is 10.1 Å². The van der Waals surface area contributed by atoms with Crippen LogP contribution in [0.25, 0.3) is 11.5 Å². The highest BCUT2D eigenvalue weighted by Crippen LogP contribution is 2.21. The maximum absolute atomic E-state index is 12.3. The van der Waals surface area contributed by atoms with Gasteiger partial charge in [0.15, 0.2) is 5.76 Å². The molecule has 0 bridgehead atoms. The first-order valence-electron chi connectivity index (χ1n) is 8.93. The number of likely N-dealkylation sites (N-methyl/N-ethyl adjacent to an activating group) is 1. The van der Waals surface area contributed by atoms with E-state index in [1.807, 2.05) is 11.8 Å². The highest BCUT2D eigenvalue weighted by molar-refractivity contribution is 5.93. The molecule has 2 N–H and O–H groups in total. The van der Waals surface area contributed by atoms with Gasteiger partial charge in [-0.25, -0.2) is 0 Å². The Morgan fingerprint density at radius 3 is 2.39 bits per heavy atom. The number of carbonyl (C=O) groups is 2. The molecule has 146 valence electrons. The fourth-order valence-corrected chi connectivity index (χ4v) is 2.67. The van der Waals surface area contributed by atoms with Crippen LogP contribution in [0.15, 0.2) is 57.7 Å². The number of nitrogens with zero attached hydrogens (tertiary/aromatic N) is 2. The monoisotopic (exact) mass is 382 g/mol. The topological polar surface area (TPSA) is 101 Å². The van der Waals surface area contributed by atoms with Crippen molar-refractivity contribution in [3.63, 3.8) is 0 Å². The van der Waals surface area contributed by atoms with Crippen molar-refractivity contribution in [2.24, 2.45) is 0 Å². The van der Waals surface area contributed by atoms with E-state index in [4.69, 9.17) is 8.94 Å². The second kappa shape index (κ2) is 9.01. The third-order valence-electron chi connectivity index (χ3n) is 4.01. The number of nitrogens with one attached hydrogen (secondary N) is 2. The van der Waals surface area contributed by atoms with Gasteiger partial charge in [0.05, 0.1) is 18.5 Å². The molecule has 0 spiro atoms. The van der Waals surface area contributed by atoms with Gasteiger partial charge in [0, 0.05) is 30.9 Å². The van der Waals surface area contributed by atoms with Crippen LogP contribution in [0.3, 0.4) is 0 Å². The summed E-state index contributed by atoms with van der Waals surface area (Å²) in [5.41, 5.74) is 2.07. The quantitative estimate of drug-likeness (QED) is 0.620. The zero-order valence-electron chi connectivity index (χ0n) is 15.8. The minimum atomic E-state index is -0.140. The summed E-state index contributed by atoms with van der Waals surface area (Å²) in [7, 11) is 0. The highest BCUT2D eigenvalue weighted by atomic mass is 16.5. The summed E-state index contributed by atoms with van der Waals surface area (Å²) in [5, 5.41) is 9.57. The first kappa shape index (κ1) is 19.4. The molecule has 0 saturated heterocycles. The standard InChI is InChI=1S/C20H22N4O4/c1-3-24(12-17-11-19(28-23-17)18-5-4-10-27-18)13-20(26)22-16-8-6-15(7-9-16)21-14(2)25/h4-11H,3,12-13H2,1-2H3,(H,21,25)(H,22,26). The largest absolute Gasteiger partial charge is 0.461 e. The summed E-state index contributed by atoms with van der Waals surface area (Å²) in [6.07, 6.45) is 1.57. The van der Waals surface area contributed by atoms with E-state index in [9.17, 15) is 9.59 Å². The lowest BCUT2D eigenvalue weighted by molar-refractivity contribution is -0.117. The van der Waals surface area contributed by atoms with Gasteiger partial charge in [-0.15, -0.1) is 0 Å². The summed E-state index contributed by atoms with van der Waals surface area (Å²) < 4.78 is 10.6. The first-order valence-corrected chi connectivity index (χ1v) is 8.93. The van der Waals surface area contributed by atoms with E-state index >= 15 is 0 Å². The summed E-state index contributed by atoms with van der Waals surface area (Å²) in [6, 6.07) is 12.3. The van der Waals surface area contributed by atoms with Crippen LogP contribution >= 0.6 is 0 Å². The van der Waals surface area contributed by atoms with Crippen LogP contribution in [-0.4, -0.2) is 35.0 Å². The molecule has 0 aliphatic rings. The van der Waals surface area contributed by atoms with E-state index in [-0.39, 0.29) is 18.4 Å². The Morgan fingerprint density at radius 1 is 1.07 bits per heavy atom. The van der Waals surface area contributed by atoms with Crippen LogP contribution in [-0.2, 0) is 16.1 Å². The predicted octanol–water partition coefficient (Wildman–Crippen LogP) is 3.35. The van der Waals surface area contributed by atoms with Crippen molar-refractivity contribution in [2.45, 2.75) is 20.4 Å². The number of carbonyl (C=O) groups excluding carboxylic acids is 2. The smallest absolute Gasteiger partial charge is 0.238 e. The van der Waals surface area contributed by atoms with E-state index in [2.05, 4.69) is 15.8 Å². The summed E-state index contributed by atoms with van der Waals surface area (Å²) in [6.45, 7) is 4.80. The van der Waals surface area contributed by atoms with Crippen LogP contribution in [0.4, 0.5) is 11.4 Å². The number of hydrogen-bond donors (Lipinski definition) is 2. The molecule has 0 aliphatic carbocycles. The Hall–Kier alpha value is -3.39. The van der Waals surface area contributed by atoms with Gasteiger partial charge < -0.3 is 19.6 Å². The molecule has 28 heavy (non-hydrogen) atoms. The van der Waals surface area contributed by atoms with Gasteiger partial charge in [-0.1, -0.05) is 12.1 Å². The number of rotatable bonds is 8. The number of benzene rings is 1. The Bertz CT molecular complexity index is 916. The Kier molecular flexibility index (Phi) is 6.23. The summed E-state index contributed by atoms with van der Waals surface area (Å²) in [4.78, 5) is 25.3. The van der Waals surface area contributed by atoms with Gasteiger partial charge in [0.25, 0.3) is 0 Å². The lowest BCUT2D eigenvalue weighted by Gasteiger charge is -2.18. The lowest BCUT2D eigenvalue weighted by atomic mass is 10.2. The van der Waals surface area contributed by atoms with Crippen molar-refractivity contribution < 1.29 is 18.5 Å². The maximum atomic E-state index is 12.3. The molecule has 0 atom stereocenters. The zero-order chi connectivity index (χ0) is 19.9. The molecule has 0 aliphatic heterocycles. The molecule has 0 radical (unpaired) electrons. The molecule has 2 heterocycles. The van der Waals surface area contributed by atoms with Gasteiger partial charge in [-0.05, 0) is 42.9 Å². The third kappa shape index (κ3) is 5.31. The van der Waals surface area contributed by atoms with Crippen LogP contribution in [0.1, 0.15) is 19.5 Å².